The molecule has 0 heterocycles. The van der Waals surface area contributed by atoms with E-state index in [0.717, 1.165) is 0 Å². The molecule has 0 aromatic heterocycles. The minimum atomic E-state index is -1.01. The highest BCUT2D eigenvalue weighted by atomic mass is 16.6. The molecule has 0 amide bonds. The maximum absolute atomic E-state index is 11.2. The van der Waals surface area contributed by atoms with Gasteiger partial charge in [0.1, 0.15) is 19.3 Å². The molecule has 0 bridgehead atoms. The molecule has 0 aromatic rings. The molecule has 0 rings (SSSR count). The molecule has 1 atom stereocenters. The standard InChI is InChI=1S/C10H19NO6/c1-14-3-5-16-9(12)7-8(11)10(13)17-6-4-15-2/h8H,3-7,11H2,1-2H3/t8-/m0/s1. The third kappa shape index (κ3) is 8.61. The Morgan fingerprint density at radius 3 is 2.06 bits per heavy atom. The fourth-order valence-corrected chi connectivity index (χ4v) is 0.893. The largest absolute Gasteiger partial charge is 0.463 e. The van der Waals surface area contributed by atoms with Gasteiger partial charge in [-0.3, -0.25) is 9.59 Å². The van der Waals surface area contributed by atoms with Crippen LogP contribution in [0.2, 0.25) is 0 Å². The second-order valence-electron chi connectivity index (χ2n) is 3.18. The zero-order chi connectivity index (χ0) is 13.1. The highest BCUT2D eigenvalue weighted by Gasteiger charge is 2.19. The van der Waals surface area contributed by atoms with Crippen LogP contribution in [0.1, 0.15) is 6.42 Å². The van der Waals surface area contributed by atoms with Crippen molar-refractivity contribution in [1.29, 1.82) is 0 Å². The van der Waals surface area contributed by atoms with Crippen molar-refractivity contribution >= 4 is 11.9 Å². The van der Waals surface area contributed by atoms with Crippen molar-refractivity contribution < 1.29 is 28.5 Å². The Morgan fingerprint density at radius 1 is 1.00 bits per heavy atom. The van der Waals surface area contributed by atoms with Crippen LogP contribution in [0.15, 0.2) is 0 Å². The minimum Gasteiger partial charge on any atom is -0.463 e. The molecule has 0 saturated carbocycles. The number of carbonyl (C=O) groups excluding carboxylic acids is 2. The summed E-state index contributed by atoms with van der Waals surface area (Å²) in [7, 11) is 2.98. The molecule has 0 aliphatic heterocycles. The third-order valence-corrected chi connectivity index (χ3v) is 1.77. The van der Waals surface area contributed by atoms with Crippen LogP contribution in [0, 0.1) is 0 Å². The number of rotatable bonds is 9. The molecule has 100 valence electrons. The summed E-state index contributed by atoms with van der Waals surface area (Å²) < 4.78 is 18.9. The molecule has 7 heteroatoms. The number of methoxy groups -OCH3 is 2. The van der Waals surface area contributed by atoms with E-state index in [1.165, 1.54) is 14.2 Å². The van der Waals surface area contributed by atoms with Gasteiger partial charge in [0.2, 0.25) is 0 Å². The number of carbonyl (C=O) groups is 2. The average Bonchev–Trinajstić information content (AvgIpc) is 2.29. The number of ether oxygens (including phenoxy) is 4. The van der Waals surface area contributed by atoms with Crippen molar-refractivity contribution in [2.75, 3.05) is 40.6 Å². The summed E-state index contributed by atoms with van der Waals surface area (Å²) in [6.07, 6.45) is -0.213. The van der Waals surface area contributed by atoms with Gasteiger partial charge in [-0.15, -0.1) is 0 Å². The molecule has 17 heavy (non-hydrogen) atoms. The molecule has 0 aliphatic carbocycles. The van der Waals surface area contributed by atoms with Gasteiger partial charge in [-0.2, -0.15) is 0 Å². The highest BCUT2D eigenvalue weighted by molar-refractivity contribution is 5.82. The first-order chi connectivity index (χ1) is 8.11. The average molecular weight is 249 g/mol. The molecular weight excluding hydrogens is 230 g/mol. The van der Waals surface area contributed by atoms with Crippen LogP contribution in [-0.4, -0.2) is 58.6 Å². The molecule has 0 aliphatic rings. The SMILES string of the molecule is COCCOC(=O)C[C@H](N)C(=O)OCCOC. The first-order valence-corrected chi connectivity index (χ1v) is 5.17. The second-order valence-corrected chi connectivity index (χ2v) is 3.18. The summed E-state index contributed by atoms with van der Waals surface area (Å²) in [6.45, 7) is 0.846. The van der Waals surface area contributed by atoms with Crippen LogP contribution >= 0.6 is 0 Å². The summed E-state index contributed by atoms with van der Waals surface area (Å²) >= 11 is 0. The van der Waals surface area contributed by atoms with E-state index in [-0.39, 0.29) is 26.2 Å². The van der Waals surface area contributed by atoms with Gasteiger partial charge in [-0.1, -0.05) is 0 Å². The van der Waals surface area contributed by atoms with Crippen molar-refractivity contribution in [2.45, 2.75) is 12.5 Å². The fourth-order valence-electron chi connectivity index (χ4n) is 0.893. The summed E-state index contributed by atoms with van der Waals surface area (Å²) in [5.41, 5.74) is 5.46. The predicted molar refractivity (Wildman–Crippen MR) is 58.3 cm³/mol. The van der Waals surface area contributed by atoms with Crippen LogP contribution in [0.4, 0.5) is 0 Å². The van der Waals surface area contributed by atoms with Crippen molar-refractivity contribution in [1.82, 2.24) is 0 Å². The van der Waals surface area contributed by atoms with Gasteiger partial charge in [-0.25, -0.2) is 0 Å². The van der Waals surface area contributed by atoms with Crippen molar-refractivity contribution in [3.63, 3.8) is 0 Å². The Labute approximate surface area is 100 Å². The van der Waals surface area contributed by atoms with Crippen LogP contribution in [0.5, 0.6) is 0 Å². The van der Waals surface area contributed by atoms with Gasteiger partial charge in [0.05, 0.1) is 19.6 Å². The van der Waals surface area contributed by atoms with Crippen LogP contribution in [-0.2, 0) is 28.5 Å². The van der Waals surface area contributed by atoms with Crippen molar-refractivity contribution in [3.05, 3.63) is 0 Å². The summed E-state index contributed by atoms with van der Waals surface area (Å²) in [5.74, 6) is -1.20. The molecule has 0 spiro atoms. The lowest BCUT2D eigenvalue weighted by molar-refractivity contribution is -0.153. The Balaban J connectivity index is 3.71. The zero-order valence-electron chi connectivity index (χ0n) is 10.1. The van der Waals surface area contributed by atoms with Gasteiger partial charge in [-0.05, 0) is 0 Å². The second kappa shape index (κ2) is 10.0. The van der Waals surface area contributed by atoms with E-state index in [1.807, 2.05) is 0 Å². The van der Waals surface area contributed by atoms with E-state index >= 15 is 0 Å². The van der Waals surface area contributed by atoms with E-state index in [2.05, 4.69) is 0 Å². The van der Waals surface area contributed by atoms with E-state index in [9.17, 15) is 9.59 Å². The van der Waals surface area contributed by atoms with Gasteiger partial charge >= 0.3 is 11.9 Å². The molecule has 0 aromatic carbocycles. The quantitative estimate of drug-likeness (QED) is 0.417. The number of hydrogen-bond donors (Lipinski definition) is 1. The summed E-state index contributed by atoms with van der Waals surface area (Å²) in [4.78, 5) is 22.4. The number of hydrogen-bond acceptors (Lipinski definition) is 7. The summed E-state index contributed by atoms with van der Waals surface area (Å²) in [5, 5.41) is 0. The molecule has 0 saturated heterocycles. The maximum atomic E-state index is 11.2. The first-order valence-electron chi connectivity index (χ1n) is 5.17. The highest BCUT2D eigenvalue weighted by Crippen LogP contribution is 1.95. The summed E-state index contributed by atoms with van der Waals surface area (Å²) in [6, 6.07) is -1.01. The topological polar surface area (TPSA) is 97.1 Å². The van der Waals surface area contributed by atoms with E-state index in [0.29, 0.717) is 6.61 Å². The van der Waals surface area contributed by atoms with Gasteiger partial charge < -0.3 is 24.7 Å². The predicted octanol–water partition coefficient (Wildman–Crippen LogP) is -0.917. The van der Waals surface area contributed by atoms with E-state index in [1.54, 1.807) is 0 Å². The third-order valence-electron chi connectivity index (χ3n) is 1.77. The zero-order valence-corrected chi connectivity index (χ0v) is 10.1. The minimum absolute atomic E-state index is 0.113. The Bertz CT molecular complexity index is 233. The lowest BCUT2D eigenvalue weighted by atomic mass is 10.2. The van der Waals surface area contributed by atoms with E-state index < -0.39 is 18.0 Å². The Morgan fingerprint density at radius 2 is 1.53 bits per heavy atom. The lowest BCUT2D eigenvalue weighted by Gasteiger charge is -2.10. The fraction of sp³-hybridized carbons (Fsp3) is 0.800. The van der Waals surface area contributed by atoms with Gasteiger partial charge in [0.25, 0.3) is 0 Å². The van der Waals surface area contributed by atoms with Gasteiger partial charge in [0.15, 0.2) is 0 Å². The van der Waals surface area contributed by atoms with Gasteiger partial charge in [0, 0.05) is 14.2 Å². The van der Waals surface area contributed by atoms with E-state index in [4.69, 9.17) is 24.7 Å². The normalized spacial score (nSPS) is 11.9. The van der Waals surface area contributed by atoms with Crippen molar-refractivity contribution in [3.8, 4) is 0 Å². The Kier molecular flexibility index (Phi) is 9.31. The Hall–Kier alpha value is -1.18. The van der Waals surface area contributed by atoms with Crippen LogP contribution in [0.25, 0.3) is 0 Å². The molecule has 7 nitrogen and oxygen atoms in total. The smallest absolute Gasteiger partial charge is 0.323 e. The monoisotopic (exact) mass is 249 g/mol. The molecular formula is C10H19NO6. The molecule has 2 N–H and O–H groups in total. The molecule has 0 unspecified atom stereocenters. The van der Waals surface area contributed by atoms with Crippen LogP contribution in [0.3, 0.4) is 0 Å². The van der Waals surface area contributed by atoms with Crippen molar-refractivity contribution in [2.24, 2.45) is 5.73 Å². The first kappa shape index (κ1) is 15.8. The molecule has 0 fully saturated rings. The molecule has 0 radical (unpaired) electrons. The number of esters is 2. The lowest BCUT2D eigenvalue weighted by Crippen LogP contribution is -2.35. The number of nitrogens with two attached hydrogens (primary N) is 1. The maximum Gasteiger partial charge on any atom is 0.323 e. The van der Waals surface area contributed by atoms with Crippen LogP contribution < -0.4 is 5.73 Å².